The zero-order chi connectivity index (χ0) is 16.1. The average Bonchev–Trinajstić information content (AvgIpc) is 2.87. The number of rotatable bonds is 1. The molecule has 0 bridgehead atoms. The van der Waals surface area contributed by atoms with Gasteiger partial charge >= 0.3 is 0 Å². The van der Waals surface area contributed by atoms with E-state index < -0.39 is 0 Å². The SMILES string of the molecule is CC(=O)c1ccc2n1CC(C(C)(C)C)N(C)C21CCNCC1. The Bertz CT molecular complexity index is 576. The Morgan fingerprint density at radius 2 is 1.91 bits per heavy atom. The van der Waals surface area contributed by atoms with E-state index >= 15 is 0 Å². The number of nitrogens with zero attached hydrogens (tertiary/aromatic N) is 2. The lowest BCUT2D eigenvalue weighted by atomic mass is 9.75. The van der Waals surface area contributed by atoms with E-state index in [1.54, 1.807) is 6.92 Å². The first-order valence-corrected chi connectivity index (χ1v) is 8.42. The molecule has 0 amide bonds. The van der Waals surface area contributed by atoms with Crippen LogP contribution >= 0.6 is 0 Å². The molecule has 1 aromatic rings. The fourth-order valence-electron chi connectivity index (χ4n) is 4.46. The molecule has 2 aliphatic rings. The summed E-state index contributed by atoms with van der Waals surface area (Å²) in [5.41, 5.74) is 2.45. The number of hydrogen-bond donors (Lipinski definition) is 1. The van der Waals surface area contributed by atoms with Gasteiger partial charge in [-0.1, -0.05) is 20.8 Å². The van der Waals surface area contributed by atoms with E-state index in [1.165, 1.54) is 5.69 Å². The topological polar surface area (TPSA) is 37.3 Å². The molecule has 22 heavy (non-hydrogen) atoms. The molecular formula is C18H29N3O. The number of piperidine rings is 1. The molecule has 0 aliphatic carbocycles. The summed E-state index contributed by atoms with van der Waals surface area (Å²) < 4.78 is 2.31. The van der Waals surface area contributed by atoms with Crippen molar-refractivity contribution in [3.63, 3.8) is 0 Å². The Morgan fingerprint density at radius 3 is 2.45 bits per heavy atom. The fraction of sp³-hybridized carbons (Fsp3) is 0.722. The Morgan fingerprint density at radius 1 is 1.27 bits per heavy atom. The predicted octanol–water partition coefficient (Wildman–Crippen LogP) is 2.63. The van der Waals surface area contributed by atoms with Crippen LogP contribution in [0.25, 0.3) is 0 Å². The van der Waals surface area contributed by atoms with Crippen molar-refractivity contribution in [2.45, 2.75) is 58.7 Å². The number of carbonyl (C=O) groups is 1. The Labute approximate surface area is 133 Å². The highest BCUT2D eigenvalue weighted by Crippen LogP contribution is 2.45. The summed E-state index contributed by atoms with van der Waals surface area (Å²) in [5, 5.41) is 3.49. The molecule has 1 unspecified atom stereocenters. The maximum atomic E-state index is 12.0. The van der Waals surface area contributed by atoms with E-state index in [2.05, 4.69) is 48.7 Å². The Hall–Kier alpha value is -1.13. The molecule has 1 fully saturated rings. The highest BCUT2D eigenvalue weighted by atomic mass is 16.1. The van der Waals surface area contributed by atoms with Crippen molar-refractivity contribution in [2.24, 2.45) is 5.41 Å². The van der Waals surface area contributed by atoms with Crippen LogP contribution in [0, 0.1) is 5.41 Å². The first kappa shape index (κ1) is 15.8. The highest BCUT2D eigenvalue weighted by molar-refractivity contribution is 5.92. The summed E-state index contributed by atoms with van der Waals surface area (Å²) in [6.07, 6.45) is 2.22. The molecule has 122 valence electrons. The van der Waals surface area contributed by atoms with Crippen molar-refractivity contribution in [2.75, 3.05) is 20.1 Å². The summed E-state index contributed by atoms with van der Waals surface area (Å²) in [6, 6.07) is 4.65. The van der Waals surface area contributed by atoms with Gasteiger partial charge in [0, 0.05) is 25.2 Å². The smallest absolute Gasteiger partial charge is 0.176 e. The van der Waals surface area contributed by atoms with Gasteiger partial charge in [-0.3, -0.25) is 9.69 Å². The third-order valence-electron chi connectivity index (χ3n) is 5.75. The van der Waals surface area contributed by atoms with Gasteiger partial charge < -0.3 is 9.88 Å². The van der Waals surface area contributed by atoms with Gasteiger partial charge in [0.2, 0.25) is 0 Å². The molecule has 1 saturated heterocycles. The third kappa shape index (κ3) is 2.24. The number of Topliss-reactive ketones (excluding diaryl/α,β-unsaturated/α-hetero) is 1. The van der Waals surface area contributed by atoms with Crippen molar-refractivity contribution in [3.05, 3.63) is 23.5 Å². The Kier molecular flexibility index (Phi) is 3.73. The number of aromatic nitrogens is 1. The lowest BCUT2D eigenvalue weighted by molar-refractivity contribution is -0.0389. The maximum absolute atomic E-state index is 12.0. The summed E-state index contributed by atoms with van der Waals surface area (Å²) in [5.74, 6) is 0.174. The van der Waals surface area contributed by atoms with E-state index in [4.69, 9.17) is 0 Å². The van der Waals surface area contributed by atoms with Crippen LogP contribution in [0.5, 0.6) is 0 Å². The molecule has 1 aromatic heterocycles. The number of carbonyl (C=O) groups excluding carboxylic acids is 1. The predicted molar refractivity (Wildman–Crippen MR) is 89.2 cm³/mol. The second-order valence-electron chi connectivity index (χ2n) is 8.04. The number of ketones is 1. The minimum absolute atomic E-state index is 0.0646. The van der Waals surface area contributed by atoms with Crippen molar-refractivity contribution >= 4 is 5.78 Å². The molecule has 3 heterocycles. The second kappa shape index (κ2) is 5.20. The second-order valence-corrected chi connectivity index (χ2v) is 8.04. The standard InChI is InChI=1S/C18H29N3O/c1-13(22)14-6-7-15-18(8-10-19-11-9-18)20(5)16(12-21(14)15)17(2,3)4/h6-7,16,19H,8-12H2,1-5H3. The molecule has 1 N–H and O–H groups in total. The third-order valence-corrected chi connectivity index (χ3v) is 5.75. The molecule has 0 saturated carbocycles. The number of fused-ring (bicyclic) bond motifs is 2. The molecular weight excluding hydrogens is 274 g/mol. The number of likely N-dealkylation sites (N-methyl/N-ethyl adjacent to an activating group) is 1. The van der Waals surface area contributed by atoms with Gasteiger partial charge in [0.15, 0.2) is 5.78 Å². The van der Waals surface area contributed by atoms with Gasteiger partial charge in [-0.05, 0) is 50.5 Å². The summed E-state index contributed by atoms with van der Waals surface area (Å²) >= 11 is 0. The number of nitrogens with one attached hydrogen (secondary N) is 1. The molecule has 3 rings (SSSR count). The van der Waals surface area contributed by atoms with Gasteiger partial charge in [0.05, 0.1) is 11.2 Å². The van der Waals surface area contributed by atoms with Crippen LogP contribution < -0.4 is 5.32 Å². The van der Waals surface area contributed by atoms with Gasteiger partial charge in [-0.25, -0.2) is 0 Å². The van der Waals surface area contributed by atoms with Crippen LogP contribution in [-0.2, 0) is 12.1 Å². The van der Waals surface area contributed by atoms with Gasteiger partial charge in [-0.2, -0.15) is 0 Å². The molecule has 2 aliphatic heterocycles. The molecule has 4 heteroatoms. The normalized spacial score (nSPS) is 25.2. The molecule has 1 atom stereocenters. The van der Waals surface area contributed by atoms with Gasteiger partial charge in [0.1, 0.15) is 0 Å². The Balaban J connectivity index is 2.15. The molecule has 1 spiro atoms. The minimum Gasteiger partial charge on any atom is -0.339 e. The lowest BCUT2D eigenvalue weighted by Gasteiger charge is -2.55. The van der Waals surface area contributed by atoms with E-state index in [9.17, 15) is 4.79 Å². The van der Waals surface area contributed by atoms with Crippen molar-refractivity contribution < 1.29 is 4.79 Å². The van der Waals surface area contributed by atoms with Crippen molar-refractivity contribution in [1.82, 2.24) is 14.8 Å². The van der Waals surface area contributed by atoms with Crippen molar-refractivity contribution in [3.8, 4) is 0 Å². The first-order valence-electron chi connectivity index (χ1n) is 8.42. The lowest BCUT2D eigenvalue weighted by Crippen LogP contribution is -2.62. The van der Waals surface area contributed by atoms with Gasteiger partial charge in [0.25, 0.3) is 0 Å². The van der Waals surface area contributed by atoms with Crippen LogP contribution in [-0.4, -0.2) is 41.4 Å². The van der Waals surface area contributed by atoms with E-state index in [0.29, 0.717) is 6.04 Å². The highest BCUT2D eigenvalue weighted by Gasteiger charge is 2.49. The minimum atomic E-state index is 0.0646. The molecule has 0 aromatic carbocycles. The molecule has 4 nitrogen and oxygen atoms in total. The zero-order valence-corrected chi connectivity index (χ0v) is 14.6. The van der Waals surface area contributed by atoms with E-state index in [1.807, 2.05) is 6.07 Å². The fourth-order valence-corrected chi connectivity index (χ4v) is 4.46. The van der Waals surface area contributed by atoms with Crippen LogP contribution in [0.1, 0.15) is 56.7 Å². The van der Waals surface area contributed by atoms with Crippen LogP contribution in [0.3, 0.4) is 0 Å². The average molecular weight is 303 g/mol. The van der Waals surface area contributed by atoms with Crippen LogP contribution in [0.4, 0.5) is 0 Å². The summed E-state index contributed by atoms with van der Waals surface area (Å²) in [6.45, 7) is 11.6. The number of hydrogen-bond acceptors (Lipinski definition) is 3. The van der Waals surface area contributed by atoms with Gasteiger partial charge in [-0.15, -0.1) is 0 Å². The maximum Gasteiger partial charge on any atom is 0.176 e. The largest absolute Gasteiger partial charge is 0.339 e. The first-order chi connectivity index (χ1) is 10.3. The quantitative estimate of drug-likeness (QED) is 0.810. The van der Waals surface area contributed by atoms with Crippen LogP contribution in [0.2, 0.25) is 0 Å². The molecule has 0 radical (unpaired) electrons. The summed E-state index contributed by atoms with van der Waals surface area (Å²) in [7, 11) is 2.28. The summed E-state index contributed by atoms with van der Waals surface area (Å²) in [4.78, 5) is 14.6. The van der Waals surface area contributed by atoms with Crippen molar-refractivity contribution in [1.29, 1.82) is 0 Å². The monoisotopic (exact) mass is 303 g/mol. The van der Waals surface area contributed by atoms with E-state index in [-0.39, 0.29) is 16.7 Å². The zero-order valence-electron chi connectivity index (χ0n) is 14.6. The van der Waals surface area contributed by atoms with Crippen LogP contribution in [0.15, 0.2) is 12.1 Å². The van der Waals surface area contributed by atoms with E-state index in [0.717, 1.165) is 38.2 Å².